The Morgan fingerprint density at radius 3 is 2.38 bits per heavy atom. The molecular formula is C14H20N4O2S. The summed E-state index contributed by atoms with van der Waals surface area (Å²) in [4.78, 5) is 0.304. The Morgan fingerprint density at radius 2 is 1.95 bits per heavy atom. The van der Waals surface area contributed by atoms with Crippen molar-refractivity contribution in [2.45, 2.75) is 24.3 Å². The summed E-state index contributed by atoms with van der Waals surface area (Å²) in [6, 6.07) is 8.67. The highest BCUT2D eigenvalue weighted by Gasteiger charge is 2.15. The molecule has 0 spiro atoms. The second kappa shape index (κ2) is 5.97. The molecule has 114 valence electrons. The van der Waals surface area contributed by atoms with E-state index in [-0.39, 0.29) is 6.04 Å². The summed E-state index contributed by atoms with van der Waals surface area (Å²) in [5, 5.41) is 4.31. The Hall–Kier alpha value is -1.70. The Labute approximate surface area is 124 Å². The van der Waals surface area contributed by atoms with Gasteiger partial charge in [-0.1, -0.05) is 12.1 Å². The van der Waals surface area contributed by atoms with E-state index >= 15 is 0 Å². The van der Waals surface area contributed by atoms with Gasteiger partial charge in [0.15, 0.2) is 9.84 Å². The largest absolute Gasteiger partial charge is 0.272 e. The molecule has 7 heteroatoms. The molecule has 0 aliphatic rings. The Kier molecular flexibility index (Phi) is 4.46. The molecule has 0 saturated carbocycles. The molecule has 1 unspecified atom stereocenters. The molecule has 0 aliphatic heterocycles. The minimum absolute atomic E-state index is 0.103. The van der Waals surface area contributed by atoms with E-state index in [1.54, 1.807) is 24.3 Å². The lowest BCUT2D eigenvalue weighted by atomic mass is 10.0. The van der Waals surface area contributed by atoms with Crippen molar-refractivity contribution in [3.05, 3.63) is 47.3 Å². The summed E-state index contributed by atoms with van der Waals surface area (Å²) < 4.78 is 24.8. The van der Waals surface area contributed by atoms with Gasteiger partial charge in [0, 0.05) is 25.4 Å². The van der Waals surface area contributed by atoms with Crippen molar-refractivity contribution < 1.29 is 8.42 Å². The highest BCUT2D eigenvalue weighted by atomic mass is 32.2. The van der Waals surface area contributed by atoms with Gasteiger partial charge in [0.25, 0.3) is 0 Å². The normalized spacial score (nSPS) is 13.3. The lowest BCUT2D eigenvalue weighted by Crippen LogP contribution is -2.30. The van der Waals surface area contributed by atoms with E-state index in [2.05, 4.69) is 10.5 Å². The van der Waals surface area contributed by atoms with E-state index < -0.39 is 9.84 Å². The molecule has 1 aromatic carbocycles. The third-order valence-electron chi connectivity index (χ3n) is 3.42. The number of rotatable bonds is 5. The predicted octanol–water partition coefficient (Wildman–Crippen LogP) is 0.879. The van der Waals surface area contributed by atoms with Crippen LogP contribution < -0.4 is 11.3 Å². The minimum atomic E-state index is -3.18. The molecule has 6 nitrogen and oxygen atoms in total. The van der Waals surface area contributed by atoms with Gasteiger partial charge in [-0.25, -0.2) is 8.42 Å². The SMILES string of the molecule is Cc1cc(CC(NN)c2ccc(S(C)(=O)=O)cc2)n(C)n1. The van der Waals surface area contributed by atoms with Crippen molar-refractivity contribution in [3.8, 4) is 0 Å². The van der Waals surface area contributed by atoms with Gasteiger partial charge in [-0.15, -0.1) is 0 Å². The van der Waals surface area contributed by atoms with Gasteiger partial charge in [-0.3, -0.25) is 16.0 Å². The Balaban J connectivity index is 2.23. The number of hydrogen-bond acceptors (Lipinski definition) is 5. The second-order valence-corrected chi connectivity index (χ2v) is 7.18. The van der Waals surface area contributed by atoms with Crippen LogP contribution in [0.25, 0.3) is 0 Å². The van der Waals surface area contributed by atoms with Crippen LogP contribution in [0.2, 0.25) is 0 Å². The molecule has 1 atom stereocenters. The molecule has 1 heterocycles. The summed E-state index contributed by atoms with van der Waals surface area (Å²) in [7, 11) is -1.29. The highest BCUT2D eigenvalue weighted by Crippen LogP contribution is 2.20. The van der Waals surface area contributed by atoms with Crippen LogP contribution in [0.3, 0.4) is 0 Å². The molecular weight excluding hydrogens is 288 g/mol. The summed E-state index contributed by atoms with van der Waals surface area (Å²) in [6.45, 7) is 1.94. The fourth-order valence-electron chi connectivity index (χ4n) is 2.28. The molecule has 3 N–H and O–H groups in total. The van der Waals surface area contributed by atoms with Gasteiger partial charge >= 0.3 is 0 Å². The molecule has 2 aromatic rings. The lowest BCUT2D eigenvalue weighted by molar-refractivity contribution is 0.529. The molecule has 21 heavy (non-hydrogen) atoms. The van der Waals surface area contributed by atoms with Crippen LogP contribution in [0, 0.1) is 6.92 Å². The number of sulfone groups is 1. The number of nitrogens with one attached hydrogen (secondary N) is 1. The third-order valence-corrected chi connectivity index (χ3v) is 4.55. The van der Waals surface area contributed by atoms with E-state index in [4.69, 9.17) is 5.84 Å². The van der Waals surface area contributed by atoms with Crippen LogP contribution in [0.1, 0.15) is 23.0 Å². The van der Waals surface area contributed by atoms with Crippen molar-refractivity contribution in [1.82, 2.24) is 15.2 Å². The smallest absolute Gasteiger partial charge is 0.175 e. The Bertz CT molecular complexity index is 720. The lowest BCUT2D eigenvalue weighted by Gasteiger charge is -2.16. The van der Waals surface area contributed by atoms with E-state index in [9.17, 15) is 8.42 Å². The van der Waals surface area contributed by atoms with E-state index in [0.717, 1.165) is 17.0 Å². The van der Waals surface area contributed by atoms with E-state index in [0.29, 0.717) is 11.3 Å². The Morgan fingerprint density at radius 1 is 1.33 bits per heavy atom. The maximum absolute atomic E-state index is 11.5. The van der Waals surface area contributed by atoms with Crippen LogP contribution in [0.15, 0.2) is 35.2 Å². The monoisotopic (exact) mass is 308 g/mol. The third kappa shape index (κ3) is 3.69. The van der Waals surface area contributed by atoms with Gasteiger partial charge in [0.2, 0.25) is 0 Å². The first kappa shape index (κ1) is 15.7. The first-order valence-electron chi connectivity index (χ1n) is 6.57. The van der Waals surface area contributed by atoms with Crippen LogP contribution >= 0.6 is 0 Å². The summed E-state index contributed by atoms with van der Waals surface area (Å²) in [6.07, 6.45) is 1.87. The number of hydrogen-bond donors (Lipinski definition) is 2. The maximum Gasteiger partial charge on any atom is 0.175 e. The topological polar surface area (TPSA) is 90.0 Å². The molecule has 0 fully saturated rings. The van der Waals surface area contributed by atoms with Crippen LogP contribution in [-0.4, -0.2) is 24.5 Å². The van der Waals surface area contributed by atoms with E-state index in [1.165, 1.54) is 6.26 Å². The second-order valence-electron chi connectivity index (χ2n) is 5.17. The number of aromatic nitrogens is 2. The van der Waals surface area contributed by atoms with Crippen molar-refractivity contribution in [1.29, 1.82) is 0 Å². The minimum Gasteiger partial charge on any atom is -0.272 e. The molecule has 0 aliphatic carbocycles. The number of nitrogens with zero attached hydrogens (tertiary/aromatic N) is 2. The predicted molar refractivity (Wildman–Crippen MR) is 81.3 cm³/mol. The average molecular weight is 308 g/mol. The first-order valence-corrected chi connectivity index (χ1v) is 8.46. The maximum atomic E-state index is 11.5. The highest BCUT2D eigenvalue weighted by molar-refractivity contribution is 7.90. The zero-order valence-electron chi connectivity index (χ0n) is 12.4. The molecule has 0 amide bonds. The van der Waals surface area contributed by atoms with Crippen molar-refractivity contribution >= 4 is 9.84 Å². The zero-order valence-corrected chi connectivity index (χ0v) is 13.2. The number of nitrogens with two attached hydrogens (primary N) is 1. The van der Waals surface area contributed by atoms with Gasteiger partial charge in [0.1, 0.15) is 0 Å². The summed E-state index contributed by atoms with van der Waals surface area (Å²) in [5.41, 5.74) is 5.72. The number of aryl methyl sites for hydroxylation is 2. The van der Waals surface area contributed by atoms with Crippen molar-refractivity contribution in [2.75, 3.05) is 6.26 Å². The molecule has 1 aromatic heterocycles. The van der Waals surface area contributed by atoms with Gasteiger partial charge in [0.05, 0.1) is 16.6 Å². The number of benzene rings is 1. The van der Waals surface area contributed by atoms with Crippen LogP contribution in [-0.2, 0) is 23.3 Å². The van der Waals surface area contributed by atoms with Gasteiger partial charge in [-0.05, 0) is 30.7 Å². The molecule has 2 rings (SSSR count). The first-order chi connectivity index (χ1) is 9.81. The fraction of sp³-hybridized carbons (Fsp3) is 0.357. The molecule has 0 saturated heterocycles. The fourth-order valence-corrected chi connectivity index (χ4v) is 2.92. The van der Waals surface area contributed by atoms with E-state index in [1.807, 2.05) is 24.7 Å². The van der Waals surface area contributed by atoms with Crippen molar-refractivity contribution in [3.63, 3.8) is 0 Å². The standard InChI is InChI=1S/C14H20N4O2S/c1-10-8-12(18(2)17-10)9-14(16-15)11-4-6-13(7-5-11)21(3,19)20/h4-8,14,16H,9,15H2,1-3H3. The number of hydrazine groups is 1. The summed E-state index contributed by atoms with van der Waals surface area (Å²) >= 11 is 0. The summed E-state index contributed by atoms with van der Waals surface area (Å²) in [5.74, 6) is 5.64. The molecule has 0 bridgehead atoms. The van der Waals surface area contributed by atoms with Crippen LogP contribution in [0.5, 0.6) is 0 Å². The van der Waals surface area contributed by atoms with Gasteiger partial charge in [-0.2, -0.15) is 5.10 Å². The zero-order chi connectivity index (χ0) is 15.6. The quantitative estimate of drug-likeness (QED) is 0.632. The van der Waals surface area contributed by atoms with Crippen molar-refractivity contribution in [2.24, 2.45) is 12.9 Å². The molecule has 0 radical (unpaired) electrons. The van der Waals surface area contributed by atoms with Gasteiger partial charge < -0.3 is 0 Å². The van der Waals surface area contributed by atoms with Crippen LogP contribution in [0.4, 0.5) is 0 Å². The average Bonchev–Trinajstić information content (AvgIpc) is 2.73.